The lowest BCUT2D eigenvalue weighted by molar-refractivity contribution is -0.203. The number of aliphatic hydroxyl groups is 3. The number of fused-ring (bicyclic) bond motifs is 5. The van der Waals surface area contributed by atoms with Crippen LogP contribution in [0, 0.1) is 34.5 Å². The lowest BCUT2D eigenvalue weighted by Crippen LogP contribution is -2.66. The van der Waals surface area contributed by atoms with Gasteiger partial charge >= 0.3 is 5.97 Å². The highest BCUT2D eigenvalue weighted by Crippen LogP contribution is 2.69. The Hall–Kier alpha value is -1.48. The predicted molar refractivity (Wildman–Crippen MR) is 123 cm³/mol. The van der Waals surface area contributed by atoms with E-state index < -0.39 is 58.8 Å². The van der Waals surface area contributed by atoms with Crippen LogP contribution >= 0.6 is 12.2 Å². The summed E-state index contributed by atoms with van der Waals surface area (Å²) in [5.41, 5.74) is -2.51. The van der Waals surface area contributed by atoms with E-state index in [1.165, 1.54) is 6.92 Å². The summed E-state index contributed by atoms with van der Waals surface area (Å²) in [6, 6.07) is 0. The molecule has 9 atom stereocenters. The third-order valence-corrected chi connectivity index (χ3v) is 9.91. The molecule has 0 aromatic rings. The largest absolute Gasteiger partial charge is 0.461 e. The van der Waals surface area contributed by atoms with Gasteiger partial charge in [-0.2, -0.15) is 0 Å². The molecule has 0 spiro atoms. The van der Waals surface area contributed by atoms with Gasteiger partial charge < -0.3 is 20.1 Å². The van der Waals surface area contributed by atoms with Gasteiger partial charge in [0.25, 0.3) is 0 Å². The van der Waals surface area contributed by atoms with Crippen LogP contribution in [0.15, 0.2) is 11.6 Å². The molecule has 182 valence electrons. The van der Waals surface area contributed by atoms with Gasteiger partial charge in [0.15, 0.2) is 5.78 Å². The second kappa shape index (κ2) is 8.04. The van der Waals surface area contributed by atoms with Crippen LogP contribution in [-0.2, 0) is 19.1 Å². The Balaban J connectivity index is 1.87. The fraction of sp³-hybridized carbons (Fsp3) is 0.760. The summed E-state index contributed by atoms with van der Waals surface area (Å²) in [6.45, 7) is 5.94. The Morgan fingerprint density at radius 1 is 1.21 bits per heavy atom. The molecule has 3 N–H and O–H groups in total. The molecule has 0 aromatic heterocycles. The monoisotopic (exact) mass is 478 g/mol. The van der Waals surface area contributed by atoms with E-state index in [4.69, 9.17) is 17.0 Å². The van der Waals surface area contributed by atoms with Crippen LogP contribution in [0.1, 0.15) is 59.8 Å². The van der Waals surface area contributed by atoms with Crippen molar-refractivity contribution in [2.24, 2.45) is 34.5 Å². The van der Waals surface area contributed by atoms with E-state index in [2.05, 4.69) is 0 Å². The summed E-state index contributed by atoms with van der Waals surface area (Å²) in [4.78, 5) is 38.2. The molecule has 33 heavy (non-hydrogen) atoms. The zero-order valence-corrected chi connectivity index (χ0v) is 20.5. The van der Waals surface area contributed by atoms with E-state index in [1.54, 1.807) is 6.92 Å². The van der Waals surface area contributed by atoms with Crippen LogP contribution in [0.4, 0.5) is 0 Å². The van der Waals surface area contributed by atoms with E-state index in [-0.39, 0.29) is 30.5 Å². The van der Waals surface area contributed by atoms with Gasteiger partial charge in [-0.3, -0.25) is 14.4 Å². The van der Waals surface area contributed by atoms with Crippen molar-refractivity contribution in [1.82, 2.24) is 0 Å². The Morgan fingerprint density at radius 2 is 1.88 bits per heavy atom. The molecule has 4 rings (SSSR count). The smallest absolute Gasteiger partial charge is 0.302 e. The molecule has 4 aliphatic rings. The van der Waals surface area contributed by atoms with E-state index in [0.29, 0.717) is 24.1 Å². The Kier molecular flexibility index (Phi) is 6.00. The van der Waals surface area contributed by atoms with Crippen molar-refractivity contribution in [3.63, 3.8) is 0 Å². The van der Waals surface area contributed by atoms with E-state index in [9.17, 15) is 29.7 Å². The maximum absolute atomic E-state index is 12.9. The molecule has 3 saturated carbocycles. The number of carbonyl (C=O) groups is 3. The number of esters is 1. The lowest BCUT2D eigenvalue weighted by Gasteiger charge is -2.63. The number of ether oxygens (including phenoxy) is 1. The summed E-state index contributed by atoms with van der Waals surface area (Å²) in [7, 11) is 0. The second-order valence-corrected chi connectivity index (χ2v) is 11.5. The molecular formula is C25H34O7S. The highest BCUT2D eigenvalue weighted by Gasteiger charge is 2.71. The van der Waals surface area contributed by atoms with Crippen molar-refractivity contribution in [3.05, 3.63) is 11.6 Å². The maximum atomic E-state index is 12.9. The van der Waals surface area contributed by atoms with Gasteiger partial charge in [0.1, 0.15) is 24.1 Å². The second-order valence-electron chi connectivity index (χ2n) is 11.0. The normalized spacial score (nSPS) is 46.5. The minimum atomic E-state index is -1.75. The van der Waals surface area contributed by atoms with Gasteiger partial charge in [-0.25, -0.2) is 0 Å². The van der Waals surface area contributed by atoms with Crippen LogP contribution in [-0.4, -0.2) is 62.1 Å². The zero-order chi connectivity index (χ0) is 24.5. The third kappa shape index (κ3) is 3.32. The van der Waals surface area contributed by atoms with Gasteiger partial charge in [-0.1, -0.05) is 31.6 Å². The highest BCUT2D eigenvalue weighted by molar-refractivity contribution is 7.80. The molecule has 2 unspecified atom stereocenters. The van der Waals surface area contributed by atoms with Crippen molar-refractivity contribution >= 4 is 34.6 Å². The number of Topliss-reactive ketones (excluding diaryl/α,β-unsaturated/α-hetero) is 2. The standard InChI is InChI=1S/C25H34O7S/c1-12(27)16-8-14-7-15(33)9-20(32-13(2)28)24(14,4)22-18(29)10-23(3)17(21(16)22)5-6-25(23,31)19(30)11-26/h7,16-18,20-22,26,29,31H,5-6,8-11H2,1-4H3/t16?,17-,18-,20?,21-,22-,23-,24+,25-/m0/s1. The molecule has 0 aromatic carbocycles. The van der Waals surface area contributed by atoms with Crippen molar-refractivity contribution in [1.29, 1.82) is 0 Å². The summed E-state index contributed by atoms with van der Waals surface area (Å²) in [6.07, 6.45) is 2.11. The molecule has 0 aliphatic heterocycles. The van der Waals surface area contributed by atoms with Crippen LogP contribution in [0.5, 0.6) is 0 Å². The Bertz CT molecular complexity index is 943. The number of allylic oxidation sites excluding steroid dienone is 1. The molecule has 8 heteroatoms. The Morgan fingerprint density at radius 3 is 2.45 bits per heavy atom. The predicted octanol–water partition coefficient (Wildman–Crippen LogP) is 1.94. The third-order valence-electron chi connectivity index (χ3n) is 9.62. The average molecular weight is 479 g/mol. The summed E-state index contributed by atoms with van der Waals surface area (Å²) < 4.78 is 5.76. The molecule has 3 fully saturated rings. The fourth-order valence-electron chi connectivity index (χ4n) is 8.07. The zero-order valence-electron chi connectivity index (χ0n) is 19.7. The number of rotatable bonds is 4. The van der Waals surface area contributed by atoms with Crippen molar-refractivity contribution in [3.8, 4) is 0 Å². The molecule has 4 aliphatic carbocycles. The van der Waals surface area contributed by atoms with Gasteiger partial charge in [0, 0.05) is 40.9 Å². The van der Waals surface area contributed by atoms with Crippen LogP contribution in [0.25, 0.3) is 0 Å². The lowest BCUT2D eigenvalue weighted by atomic mass is 9.42. The van der Waals surface area contributed by atoms with Crippen LogP contribution < -0.4 is 0 Å². The summed E-state index contributed by atoms with van der Waals surface area (Å²) in [5.74, 6) is -2.37. The molecule has 0 bridgehead atoms. The molecule has 0 heterocycles. The SMILES string of the molecule is CC(=O)OC1CC(=S)C=C2CC(C(C)=O)[C@@H]3[C@H]([C@@H](O)C[C@@]4(C)[C@H]3CC[C@]4(O)C(=O)CO)[C@]21C. The number of ketones is 2. The van der Waals surface area contributed by atoms with Crippen molar-refractivity contribution < 1.29 is 34.4 Å². The van der Waals surface area contributed by atoms with E-state index in [0.717, 1.165) is 5.57 Å². The first-order valence-electron chi connectivity index (χ1n) is 11.8. The van der Waals surface area contributed by atoms with Gasteiger partial charge in [-0.05, 0) is 50.5 Å². The molecule has 0 radical (unpaired) electrons. The molecular weight excluding hydrogens is 444 g/mol. The fourth-order valence-corrected chi connectivity index (χ4v) is 8.36. The van der Waals surface area contributed by atoms with Gasteiger partial charge in [0.2, 0.25) is 0 Å². The summed E-state index contributed by atoms with van der Waals surface area (Å²) in [5, 5.41) is 32.6. The number of hydrogen-bond acceptors (Lipinski definition) is 8. The van der Waals surface area contributed by atoms with E-state index >= 15 is 0 Å². The van der Waals surface area contributed by atoms with Crippen molar-refractivity contribution in [2.45, 2.75) is 77.6 Å². The Labute approximate surface area is 199 Å². The molecule has 7 nitrogen and oxygen atoms in total. The number of hydrogen-bond donors (Lipinski definition) is 3. The van der Waals surface area contributed by atoms with Gasteiger partial charge in [-0.15, -0.1) is 0 Å². The molecule has 0 saturated heterocycles. The number of thiocarbonyl (C=S) groups is 1. The minimum Gasteiger partial charge on any atom is -0.461 e. The summed E-state index contributed by atoms with van der Waals surface area (Å²) >= 11 is 5.49. The van der Waals surface area contributed by atoms with E-state index in [1.807, 2.05) is 19.9 Å². The number of aliphatic hydroxyl groups excluding tert-OH is 2. The first-order valence-corrected chi connectivity index (χ1v) is 12.2. The minimum absolute atomic E-state index is 0.00569. The topological polar surface area (TPSA) is 121 Å². The van der Waals surface area contributed by atoms with Crippen LogP contribution in [0.3, 0.4) is 0 Å². The first kappa shape index (κ1) is 24.6. The molecule has 0 amide bonds. The number of carbonyl (C=O) groups excluding carboxylic acids is 3. The highest BCUT2D eigenvalue weighted by atomic mass is 32.1. The van der Waals surface area contributed by atoms with Gasteiger partial charge in [0.05, 0.1) is 6.10 Å². The maximum Gasteiger partial charge on any atom is 0.302 e. The average Bonchev–Trinajstić information content (AvgIpc) is 2.98. The quantitative estimate of drug-likeness (QED) is 0.414. The van der Waals surface area contributed by atoms with Crippen molar-refractivity contribution in [2.75, 3.05) is 6.61 Å². The first-order chi connectivity index (χ1) is 15.3. The van der Waals surface area contributed by atoms with Crippen LogP contribution in [0.2, 0.25) is 0 Å².